The van der Waals surface area contributed by atoms with Crippen LogP contribution in [0.3, 0.4) is 0 Å². The Balaban J connectivity index is 2.14. The number of hydrogen-bond donors (Lipinski definition) is 2. The van der Waals surface area contributed by atoms with E-state index in [2.05, 4.69) is 11.9 Å². The molecule has 0 aliphatic carbocycles. The van der Waals surface area contributed by atoms with E-state index in [-0.39, 0.29) is 12.4 Å². The Kier molecular flexibility index (Phi) is 5.75. The molecule has 142 valence electrons. The highest BCUT2D eigenvalue weighted by molar-refractivity contribution is 7.89. The molecule has 0 aliphatic heterocycles. The van der Waals surface area contributed by atoms with Gasteiger partial charge in [0.05, 0.1) is 12.4 Å². The summed E-state index contributed by atoms with van der Waals surface area (Å²) in [4.78, 5) is 3.35. The topological polar surface area (TPSA) is 70.2 Å². The molecule has 0 bridgehead atoms. The number of hydrogen-bond acceptors (Lipinski definition) is 3. The molecule has 6 heteroatoms. The molecule has 1 heterocycles. The van der Waals surface area contributed by atoms with Crippen molar-refractivity contribution in [1.29, 1.82) is 0 Å². The predicted molar refractivity (Wildman–Crippen MR) is 111 cm³/mol. The van der Waals surface area contributed by atoms with Crippen molar-refractivity contribution in [3.8, 4) is 22.4 Å². The number of H-pyrrole nitrogens is 1. The molecule has 3 aromatic rings. The maximum atomic E-state index is 11.6. The van der Waals surface area contributed by atoms with Crippen molar-refractivity contribution in [2.75, 3.05) is 6.26 Å². The van der Waals surface area contributed by atoms with Crippen molar-refractivity contribution in [1.82, 2.24) is 4.98 Å². The lowest BCUT2D eigenvalue weighted by Crippen LogP contribution is -2.01. The standard InChI is InChI=1S/C21H22ClNO3S/c1-3-17-20(15-9-10-16(18(22)11-15)13-27(2,25)26)19(12-24)23-21(17)14-7-5-4-6-8-14/h4-11,23-24H,3,12-13H2,1-2H3. The summed E-state index contributed by atoms with van der Waals surface area (Å²) < 4.78 is 23.1. The fraction of sp³-hybridized carbons (Fsp3) is 0.238. The quantitative estimate of drug-likeness (QED) is 0.631. The first-order chi connectivity index (χ1) is 12.8. The third-order valence-electron chi connectivity index (χ3n) is 4.51. The number of aliphatic hydroxyl groups is 1. The van der Waals surface area contributed by atoms with Crippen LogP contribution in [0.15, 0.2) is 48.5 Å². The van der Waals surface area contributed by atoms with Crippen molar-refractivity contribution in [3.05, 3.63) is 70.4 Å². The summed E-state index contributed by atoms with van der Waals surface area (Å²) in [6.45, 7) is 1.94. The Labute approximate surface area is 164 Å². The Bertz CT molecular complexity index is 1060. The molecule has 0 saturated carbocycles. The van der Waals surface area contributed by atoms with Gasteiger partial charge < -0.3 is 10.1 Å². The minimum Gasteiger partial charge on any atom is -0.390 e. The van der Waals surface area contributed by atoms with Crippen LogP contribution in [0.2, 0.25) is 5.02 Å². The van der Waals surface area contributed by atoms with Crippen LogP contribution in [0.1, 0.15) is 23.7 Å². The second kappa shape index (κ2) is 7.89. The van der Waals surface area contributed by atoms with Gasteiger partial charge in [0, 0.05) is 28.2 Å². The molecule has 0 fully saturated rings. The van der Waals surface area contributed by atoms with Gasteiger partial charge in [-0.05, 0) is 34.7 Å². The summed E-state index contributed by atoms with van der Waals surface area (Å²) >= 11 is 6.36. The van der Waals surface area contributed by atoms with Crippen LogP contribution in [0.4, 0.5) is 0 Å². The van der Waals surface area contributed by atoms with Gasteiger partial charge in [-0.1, -0.05) is 61.0 Å². The first-order valence-corrected chi connectivity index (χ1v) is 11.1. The van der Waals surface area contributed by atoms with E-state index in [9.17, 15) is 13.5 Å². The molecule has 0 saturated heterocycles. The van der Waals surface area contributed by atoms with Gasteiger partial charge in [-0.2, -0.15) is 0 Å². The van der Waals surface area contributed by atoms with Crippen molar-refractivity contribution in [2.45, 2.75) is 25.7 Å². The largest absolute Gasteiger partial charge is 0.390 e. The molecule has 27 heavy (non-hydrogen) atoms. The molecular weight excluding hydrogens is 382 g/mol. The average molecular weight is 404 g/mol. The van der Waals surface area contributed by atoms with E-state index in [0.717, 1.165) is 40.1 Å². The van der Waals surface area contributed by atoms with E-state index >= 15 is 0 Å². The molecule has 2 aromatic carbocycles. The maximum absolute atomic E-state index is 11.6. The fourth-order valence-electron chi connectivity index (χ4n) is 3.37. The average Bonchev–Trinajstić information content (AvgIpc) is 3.02. The number of sulfone groups is 1. The Morgan fingerprint density at radius 1 is 1.07 bits per heavy atom. The highest BCUT2D eigenvalue weighted by Gasteiger charge is 2.19. The van der Waals surface area contributed by atoms with Gasteiger partial charge in [0.25, 0.3) is 0 Å². The van der Waals surface area contributed by atoms with E-state index in [1.54, 1.807) is 12.1 Å². The SMILES string of the molecule is CCc1c(-c2ccccc2)[nH]c(CO)c1-c1ccc(CS(C)(=O)=O)c(Cl)c1. The van der Waals surface area contributed by atoms with Crippen LogP contribution in [-0.2, 0) is 28.6 Å². The number of nitrogens with one attached hydrogen (secondary N) is 1. The van der Waals surface area contributed by atoms with Crippen LogP contribution in [0.25, 0.3) is 22.4 Å². The Hall–Kier alpha value is -2.08. The van der Waals surface area contributed by atoms with E-state index < -0.39 is 9.84 Å². The van der Waals surface area contributed by atoms with Gasteiger partial charge in [0.15, 0.2) is 9.84 Å². The molecule has 0 aliphatic rings. The predicted octanol–water partition coefficient (Wildman–Crippen LogP) is 4.60. The second-order valence-corrected chi connectivity index (χ2v) is 9.13. The first kappa shape index (κ1) is 19.7. The summed E-state index contributed by atoms with van der Waals surface area (Å²) in [5.74, 6) is -0.0952. The summed E-state index contributed by atoms with van der Waals surface area (Å²) in [6, 6.07) is 15.4. The molecule has 0 spiro atoms. The summed E-state index contributed by atoms with van der Waals surface area (Å²) in [5.41, 5.74) is 6.20. The van der Waals surface area contributed by atoms with Crippen LogP contribution < -0.4 is 0 Å². The summed E-state index contributed by atoms with van der Waals surface area (Å²) in [7, 11) is -3.17. The van der Waals surface area contributed by atoms with Gasteiger partial charge in [-0.3, -0.25) is 0 Å². The van der Waals surface area contributed by atoms with E-state index in [4.69, 9.17) is 11.6 Å². The number of aromatic nitrogens is 1. The van der Waals surface area contributed by atoms with Crippen molar-refractivity contribution in [2.24, 2.45) is 0 Å². The maximum Gasteiger partial charge on any atom is 0.151 e. The van der Waals surface area contributed by atoms with Crippen LogP contribution >= 0.6 is 11.6 Å². The molecule has 0 unspecified atom stereocenters. The lowest BCUT2D eigenvalue weighted by atomic mass is 9.96. The van der Waals surface area contributed by atoms with Gasteiger partial charge >= 0.3 is 0 Å². The van der Waals surface area contributed by atoms with Gasteiger partial charge in [0.2, 0.25) is 0 Å². The van der Waals surface area contributed by atoms with Crippen molar-refractivity contribution < 1.29 is 13.5 Å². The second-order valence-electron chi connectivity index (χ2n) is 6.59. The summed E-state index contributed by atoms with van der Waals surface area (Å²) in [5, 5.41) is 10.3. The molecule has 0 radical (unpaired) electrons. The lowest BCUT2D eigenvalue weighted by Gasteiger charge is -2.10. The number of benzene rings is 2. The fourth-order valence-corrected chi connectivity index (χ4v) is 4.51. The molecular formula is C21H22ClNO3S. The molecule has 1 aromatic heterocycles. The molecule has 4 nitrogen and oxygen atoms in total. The number of rotatable bonds is 6. The monoisotopic (exact) mass is 403 g/mol. The highest BCUT2D eigenvalue weighted by atomic mass is 35.5. The zero-order valence-corrected chi connectivity index (χ0v) is 16.9. The molecule has 0 atom stereocenters. The molecule has 0 amide bonds. The van der Waals surface area contributed by atoms with E-state index in [1.807, 2.05) is 36.4 Å². The van der Waals surface area contributed by atoms with Gasteiger partial charge in [-0.25, -0.2) is 8.42 Å². The summed E-state index contributed by atoms with van der Waals surface area (Å²) in [6.07, 6.45) is 1.97. The number of aromatic amines is 1. The van der Waals surface area contributed by atoms with Gasteiger partial charge in [0.1, 0.15) is 0 Å². The van der Waals surface area contributed by atoms with Crippen LogP contribution in [-0.4, -0.2) is 24.8 Å². The minimum absolute atomic E-state index is 0.0952. The Morgan fingerprint density at radius 3 is 2.33 bits per heavy atom. The van der Waals surface area contributed by atoms with Crippen molar-refractivity contribution in [3.63, 3.8) is 0 Å². The Morgan fingerprint density at radius 2 is 1.78 bits per heavy atom. The molecule has 2 N–H and O–H groups in total. The lowest BCUT2D eigenvalue weighted by molar-refractivity contribution is 0.278. The normalized spacial score (nSPS) is 11.7. The van der Waals surface area contributed by atoms with Gasteiger partial charge in [-0.15, -0.1) is 0 Å². The van der Waals surface area contributed by atoms with Crippen LogP contribution in [0, 0.1) is 0 Å². The number of halogens is 1. The number of aliphatic hydroxyl groups excluding tert-OH is 1. The zero-order valence-electron chi connectivity index (χ0n) is 15.3. The minimum atomic E-state index is -3.17. The third-order valence-corrected chi connectivity index (χ3v) is 5.70. The molecule has 3 rings (SSSR count). The third kappa shape index (κ3) is 4.26. The van der Waals surface area contributed by atoms with Crippen molar-refractivity contribution >= 4 is 21.4 Å². The zero-order chi connectivity index (χ0) is 19.6. The first-order valence-electron chi connectivity index (χ1n) is 8.70. The van der Waals surface area contributed by atoms with E-state index in [1.165, 1.54) is 6.26 Å². The van der Waals surface area contributed by atoms with E-state index in [0.29, 0.717) is 10.6 Å². The smallest absolute Gasteiger partial charge is 0.151 e. The van der Waals surface area contributed by atoms with Crippen LogP contribution in [0.5, 0.6) is 0 Å². The highest BCUT2D eigenvalue weighted by Crippen LogP contribution is 2.37.